The Morgan fingerprint density at radius 3 is 2.53 bits per heavy atom. The highest BCUT2D eigenvalue weighted by Gasteiger charge is 2.34. The third-order valence-electron chi connectivity index (χ3n) is 6.29. The van der Waals surface area contributed by atoms with E-state index in [-0.39, 0.29) is 23.5 Å². The number of carbonyl (C=O) groups excluding carboxylic acids is 1. The van der Waals surface area contributed by atoms with Crippen LogP contribution in [-0.4, -0.2) is 28.0 Å². The Labute approximate surface area is 214 Å². The first-order valence-corrected chi connectivity index (χ1v) is 12.8. The van der Waals surface area contributed by atoms with Crippen LogP contribution in [0.25, 0.3) is 21.3 Å². The summed E-state index contributed by atoms with van der Waals surface area (Å²) in [6.07, 6.45) is 1.54. The summed E-state index contributed by atoms with van der Waals surface area (Å²) >= 11 is 7.68. The van der Waals surface area contributed by atoms with Crippen LogP contribution < -0.4 is 10.6 Å². The third-order valence-corrected chi connectivity index (χ3v) is 7.44. The summed E-state index contributed by atoms with van der Waals surface area (Å²) in [7, 11) is 0. The molecule has 4 aromatic rings. The second-order valence-electron chi connectivity index (χ2n) is 8.82. The molecule has 3 heterocycles. The summed E-state index contributed by atoms with van der Waals surface area (Å²) in [6.45, 7) is 0. The summed E-state index contributed by atoms with van der Waals surface area (Å²) < 4.78 is 40.2. The molecule has 0 radical (unpaired) electrons. The fraction of sp³-hybridized carbons (Fsp3) is 0.269. The second-order valence-corrected chi connectivity index (χ2v) is 10.2. The second kappa shape index (κ2) is 10.1. The zero-order valence-electron chi connectivity index (χ0n) is 19.0. The Morgan fingerprint density at radius 2 is 1.81 bits per heavy atom. The van der Waals surface area contributed by atoms with Crippen LogP contribution in [0.15, 0.2) is 60.2 Å². The van der Waals surface area contributed by atoms with Crippen LogP contribution >= 0.6 is 22.9 Å². The lowest BCUT2D eigenvalue weighted by Gasteiger charge is -2.30. The summed E-state index contributed by atoms with van der Waals surface area (Å²) in [5, 5.41) is 9.30. The number of carbonyl (C=O) groups is 1. The van der Waals surface area contributed by atoms with Crippen LogP contribution in [0.5, 0.6) is 0 Å². The van der Waals surface area contributed by atoms with Gasteiger partial charge in [0.25, 0.3) is 5.91 Å². The number of aromatic nitrogens is 2. The summed E-state index contributed by atoms with van der Waals surface area (Å²) in [5.74, 6) is -0.179. The molecule has 1 fully saturated rings. The van der Waals surface area contributed by atoms with Crippen LogP contribution in [0.1, 0.15) is 41.7 Å². The maximum Gasteiger partial charge on any atom is 0.433 e. The molecule has 36 heavy (non-hydrogen) atoms. The minimum absolute atomic E-state index is 0.0182. The highest BCUT2D eigenvalue weighted by Crippen LogP contribution is 2.35. The molecule has 0 bridgehead atoms. The highest BCUT2D eigenvalue weighted by molar-refractivity contribution is 7.13. The largest absolute Gasteiger partial charge is 0.433 e. The monoisotopic (exact) mass is 530 g/mol. The summed E-state index contributed by atoms with van der Waals surface area (Å²) in [6, 6.07) is 11.4. The number of amides is 1. The van der Waals surface area contributed by atoms with E-state index >= 15 is 0 Å². The van der Waals surface area contributed by atoms with Crippen LogP contribution in [-0.2, 0) is 6.18 Å². The summed E-state index contributed by atoms with van der Waals surface area (Å²) in [5.41, 5.74) is 1.04. The number of halogens is 4. The van der Waals surface area contributed by atoms with Gasteiger partial charge >= 0.3 is 6.18 Å². The maximum absolute atomic E-state index is 13.4. The van der Waals surface area contributed by atoms with Gasteiger partial charge in [-0.2, -0.15) is 13.2 Å². The number of nitrogens with one attached hydrogen (secondary N) is 2. The zero-order valence-corrected chi connectivity index (χ0v) is 20.6. The molecule has 10 heteroatoms. The van der Waals surface area contributed by atoms with Crippen LogP contribution in [0.4, 0.5) is 18.9 Å². The molecule has 1 aliphatic carbocycles. The first-order chi connectivity index (χ1) is 17.3. The lowest BCUT2D eigenvalue weighted by Crippen LogP contribution is -2.40. The van der Waals surface area contributed by atoms with Crippen molar-refractivity contribution in [3.05, 3.63) is 76.5 Å². The first-order valence-electron chi connectivity index (χ1n) is 11.5. The molecule has 0 saturated heterocycles. The van der Waals surface area contributed by atoms with Gasteiger partial charge in [0.1, 0.15) is 5.69 Å². The maximum atomic E-state index is 13.4. The Balaban J connectivity index is 1.24. The van der Waals surface area contributed by atoms with Crippen molar-refractivity contribution in [1.29, 1.82) is 0 Å². The molecule has 5 nitrogen and oxygen atoms in total. The number of alkyl halides is 3. The number of thiophene rings is 1. The summed E-state index contributed by atoms with van der Waals surface area (Å²) in [4.78, 5) is 21.8. The Kier molecular flexibility index (Phi) is 6.85. The molecule has 0 atom stereocenters. The lowest BCUT2D eigenvalue weighted by molar-refractivity contribution is -0.140. The van der Waals surface area contributed by atoms with Gasteiger partial charge in [0.15, 0.2) is 0 Å². The number of anilines is 1. The molecule has 1 aliphatic rings. The minimum Gasteiger partial charge on any atom is -0.382 e. The van der Waals surface area contributed by atoms with Gasteiger partial charge in [-0.05, 0) is 67.5 Å². The van der Waals surface area contributed by atoms with Crippen molar-refractivity contribution in [1.82, 2.24) is 15.3 Å². The van der Waals surface area contributed by atoms with Gasteiger partial charge in [0, 0.05) is 51.0 Å². The van der Waals surface area contributed by atoms with E-state index in [4.69, 9.17) is 11.6 Å². The fourth-order valence-corrected chi connectivity index (χ4v) is 5.36. The van der Waals surface area contributed by atoms with Gasteiger partial charge in [-0.15, -0.1) is 11.3 Å². The van der Waals surface area contributed by atoms with E-state index in [1.807, 2.05) is 23.6 Å². The van der Waals surface area contributed by atoms with E-state index < -0.39 is 11.9 Å². The van der Waals surface area contributed by atoms with Crippen LogP contribution in [0, 0.1) is 0 Å². The lowest BCUT2D eigenvalue weighted by atomic mass is 9.90. The van der Waals surface area contributed by atoms with Crippen molar-refractivity contribution < 1.29 is 18.0 Å². The number of pyridine rings is 2. The molecule has 0 aliphatic heterocycles. The SMILES string of the molecule is O=C(NC1CCC(Nc2cc(C(F)(F)F)nc3ccc(Cl)cc23)CC1)c1cncc(-c2cccs2)c1. The highest BCUT2D eigenvalue weighted by atomic mass is 35.5. The van der Waals surface area contributed by atoms with Gasteiger partial charge in [0.05, 0.1) is 11.1 Å². The number of hydrogen-bond donors (Lipinski definition) is 2. The van der Waals surface area contributed by atoms with Crippen LogP contribution in [0.3, 0.4) is 0 Å². The number of fused-ring (bicyclic) bond motifs is 1. The molecule has 3 aromatic heterocycles. The molecule has 186 valence electrons. The molecule has 5 rings (SSSR count). The number of nitrogens with zero attached hydrogens (tertiary/aromatic N) is 2. The van der Waals surface area contributed by atoms with Gasteiger partial charge in [0.2, 0.25) is 0 Å². The molecule has 1 amide bonds. The van der Waals surface area contributed by atoms with E-state index in [0.29, 0.717) is 47.3 Å². The molecular weight excluding hydrogens is 509 g/mol. The molecular formula is C26H22ClF3N4OS. The molecule has 2 N–H and O–H groups in total. The van der Waals surface area contributed by atoms with E-state index in [9.17, 15) is 18.0 Å². The Hall–Kier alpha value is -3.17. The molecule has 0 unspecified atom stereocenters. The van der Waals surface area contributed by atoms with Gasteiger partial charge < -0.3 is 10.6 Å². The molecule has 1 aromatic carbocycles. The Bertz CT molecular complexity index is 1390. The van der Waals surface area contributed by atoms with Gasteiger partial charge in [-0.1, -0.05) is 17.7 Å². The van der Waals surface area contributed by atoms with E-state index in [1.54, 1.807) is 29.8 Å². The normalized spacial score (nSPS) is 18.2. The van der Waals surface area contributed by atoms with Crippen molar-refractivity contribution in [3.63, 3.8) is 0 Å². The molecule has 0 spiro atoms. The number of benzene rings is 1. The quantitative estimate of drug-likeness (QED) is 0.287. The van der Waals surface area contributed by atoms with Gasteiger partial charge in [-0.3, -0.25) is 9.78 Å². The first kappa shape index (κ1) is 24.5. The predicted molar refractivity (Wildman–Crippen MR) is 136 cm³/mol. The predicted octanol–water partition coefficient (Wildman–Crippen LogP) is 7.18. The van der Waals surface area contributed by atoms with E-state index in [0.717, 1.165) is 16.5 Å². The standard InChI is InChI=1S/C26H22ClF3N4OS/c27-17-3-8-21-20(11-17)22(12-24(34-21)26(28,29)30)32-18-4-6-19(7-5-18)33-25(35)16-10-15(13-31-14-16)23-2-1-9-36-23/h1-3,8-14,18-19H,4-7H2,(H,32,34)(H,33,35). The number of rotatable bonds is 5. The van der Waals surface area contributed by atoms with Crippen molar-refractivity contribution in [2.45, 2.75) is 43.9 Å². The topological polar surface area (TPSA) is 66.9 Å². The van der Waals surface area contributed by atoms with Crippen molar-refractivity contribution in [3.8, 4) is 10.4 Å². The van der Waals surface area contributed by atoms with Crippen molar-refractivity contribution >= 4 is 45.4 Å². The van der Waals surface area contributed by atoms with Crippen LogP contribution in [0.2, 0.25) is 5.02 Å². The zero-order chi connectivity index (χ0) is 25.3. The van der Waals surface area contributed by atoms with Crippen molar-refractivity contribution in [2.75, 3.05) is 5.32 Å². The molecule has 1 saturated carbocycles. The Morgan fingerprint density at radius 1 is 1.03 bits per heavy atom. The van der Waals surface area contributed by atoms with E-state index in [2.05, 4.69) is 20.6 Å². The van der Waals surface area contributed by atoms with E-state index in [1.165, 1.54) is 12.1 Å². The fourth-order valence-electron chi connectivity index (χ4n) is 4.48. The minimum atomic E-state index is -4.55. The third kappa shape index (κ3) is 5.47. The number of hydrogen-bond acceptors (Lipinski definition) is 5. The smallest absolute Gasteiger partial charge is 0.382 e. The average Bonchev–Trinajstić information content (AvgIpc) is 3.40. The van der Waals surface area contributed by atoms with Crippen molar-refractivity contribution in [2.24, 2.45) is 0 Å². The average molecular weight is 531 g/mol. The van der Waals surface area contributed by atoms with Gasteiger partial charge in [-0.25, -0.2) is 4.98 Å².